The van der Waals surface area contributed by atoms with Gasteiger partial charge in [-0.05, 0) is 66.1 Å². The van der Waals surface area contributed by atoms with Crippen molar-refractivity contribution >= 4 is 52.6 Å². The van der Waals surface area contributed by atoms with Gasteiger partial charge in [-0.1, -0.05) is 18.2 Å². The second-order valence-corrected chi connectivity index (χ2v) is 9.84. The molecule has 2 fully saturated rings. The van der Waals surface area contributed by atoms with Gasteiger partial charge in [0.1, 0.15) is 12.6 Å². The van der Waals surface area contributed by atoms with E-state index in [1.807, 2.05) is 0 Å². The van der Waals surface area contributed by atoms with E-state index in [-0.39, 0.29) is 36.7 Å². The van der Waals surface area contributed by atoms with Crippen molar-refractivity contribution in [1.82, 2.24) is 15.1 Å². The summed E-state index contributed by atoms with van der Waals surface area (Å²) in [6, 6.07) is 14.0. The van der Waals surface area contributed by atoms with Crippen molar-refractivity contribution in [3.8, 4) is 0 Å². The molecule has 206 valence electrons. The van der Waals surface area contributed by atoms with Gasteiger partial charge in [0.05, 0.1) is 19.1 Å². The quantitative estimate of drug-likeness (QED) is 0.228. The molecule has 1 saturated carbocycles. The number of methoxy groups -OCH3 is 1. The highest BCUT2D eigenvalue weighted by Crippen LogP contribution is 2.35. The van der Waals surface area contributed by atoms with Crippen molar-refractivity contribution in [3.05, 3.63) is 71.4 Å². The average molecular weight is 564 g/mol. The number of aryl methyl sites for hydroxylation is 1. The molecule has 1 aliphatic carbocycles. The minimum Gasteiger partial charge on any atom is -0.465 e. The van der Waals surface area contributed by atoms with Crippen LogP contribution in [-0.4, -0.2) is 63.1 Å². The standard InChI is InChI=1S/C27H26N6O6S/c1-31-21(24(39-30-31)29-23(35)16-6-4-3-5-7-16)15-32-20(25(36)33(27(32)40)19-12-13-19)14-22(34)28-18-10-8-17(9-11-18)26(37)38-2/h3-11,19-20H,12-15H2,1-2H3,(H-,28,29,30,34,35,37)/p+1. The summed E-state index contributed by atoms with van der Waals surface area (Å²) >= 11 is 5.70. The van der Waals surface area contributed by atoms with Gasteiger partial charge in [-0.2, -0.15) is 0 Å². The van der Waals surface area contributed by atoms with Gasteiger partial charge in [0, 0.05) is 17.3 Å². The Hall–Kier alpha value is -4.65. The molecule has 1 aromatic heterocycles. The number of rotatable bonds is 9. The Kier molecular flexibility index (Phi) is 7.56. The van der Waals surface area contributed by atoms with Gasteiger partial charge in [0.15, 0.2) is 12.2 Å². The molecule has 12 nitrogen and oxygen atoms in total. The van der Waals surface area contributed by atoms with Crippen LogP contribution >= 0.6 is 12.2 Å². The summed E-state index contributed by atoms with van der Waals surface area (Å²) in [5, 5.41) is 9.74. The summed E-state index contributed by atoms with van der Waals surface area (Å²) in [5.41, 5.74) is 1.72. The van der Waals surface area contributed by atoms with Crippen LogP contribution in [0.3, 0.4) is 0 Å². The topological polar surface area (TPSA) is 138 Å². The largest absolute Gasteiger partial charge is 0.465 e. The van der Waals surface area contributed by atoms with Crippen LogP contribution in [0.2, 0.25) is 0 Å². The van der Waals surface area contributed by atoms with E-state index in [0.717, 1.165) is 12.8 Å². The maximum Gasteiger partial charge on any atom is 0.337 e. The molecular formula is C27H27N6O6S+. The second kappa shape index (κ2) is 11.2. The zero-order valence-electron chi connectivity index (χ0n) is 21.8. The lowest BCUT2D eigenvalue weighted by Crippen LogP contribution is -2.43. The average Bonchev–Trinajstić information content (AvgIpc) is 3.70. The third kappa shape index (κ3) is 5.54. The van der Waals surface area contributed by atoms with Crippen LogP contribution in [0.4, 0.5) is 11.6 Å². The number of carbonyl (C=O) groups excluding carboxylic acids is 4. The molecule has 1 atom stereocenters. The maximum absolute atomic E-state index is 13.5. The molecule has 2 aromatic carbocycles. The van der Waals surface area contributed by atoms with Crippen molar-refractivity contribution < 1.29 is 33.1 Å². The van der Waals surface area contributed by atoms with Crippen LogP contribution in [0.25, 0.3) is 0 Å². The molecule has 0 spiro atoms. The maximum atomic E-state index is 13.5. The van der Waals surface area contributed by atoms with Gasteiger partial charge in [-0.25, -0.2) is 4.79 Å². The lowest BCUT2D eigenvalue weighted by Gasteiger charge is -2.22. The van der Waals surface area contributed by atoms with Gasteiger partial charge < -0.3 is 15.0 Å². The minimum atomic E-state index is -0.866. The van der Waals surface area contributed by atoms with Gasteiger partial charge in [0.25, 0.3) is 17.5 Å². The molecule has 0 radical (unpaired) electrons. The Morgan fingerprint density at radius 1 is 1.07 bits per heavy atom. The number of esters is 1. The predicted molar refractivity (Wildman–Crippen MR) is 145 cm³/mol. The number of thiocarbonyl (C=S) groups is 1. The van der Waals surface area contributed by atoms with Crippen molar-refractivity contribution in [1.29, 1.82) is 0 Å². The number of nitrogens with zero attached hydrogens (tertiary/aromatic N) is 4. The van der Waals surface area contributed by atoms with E-state index in [9.17, 15) is 19.2 Å². The molecule has 13 heteroatoms. The number of benzene rings is 2. The Balaban J connectivity index is 1.34. The predicted octanol–water partition coefficient (Wildman–Crippen LogP) is 2.03. The van der Waals surface area contributed by atoms with Gasteiger partial charge in [0.2, 0.25) is 11.2 Å². The summed E-state index contributed by atoms with van der Waals surface area (Å²) in [4.78, 5) is 54.2. The molecule has 5 rings (SSSR count). The van der Waals surface area contributed by atoms with Crippen LogP contribution in [0.5, 0.6) is 0 Å². The molecule has 40 heavy (non-hydrogen) atoms. The normalized spacial score (nSPS) is 16.7. The lowest BCUT2D eigenvalue weighted by molar-refractivity contribution is -0.746. The van der Waals surface area contributed by atoms with Crippen LogP contribution < -0.4 is 15.3 Å². The van der Waals surface area contributed by atoms with Crippen molar-refractivity contribution in [2.45, 2.75) is 37.9 Å². The van der Waals surface area contributed by atoms with E-state index in [4.69, 9.17) is 21.5 Å². The Labute approximate surface area is 234 Å². The molecular weight excluding hydrogens is 536 g/mol. The molecule has 1 aliphatic heterocycles. The number of hydrogen-bond acceptors (Lipinski definition) is 8. The fraction of sp³-hybridized carbons (Fsp3) is 0.296. The molecule has 0 bridgehead atoms. The summed E-state index contributed by atoms with van der Waals surface area (Å²) in [6.07, 6.45) is 1.51. The SMILES string of the molecule is COC(=O)c1ccc(NC(=O)CC2C(=O)N(C3CC3)C(=S)N2Cc2c(NC(=O)c3ccccc3)on[n+]2C)cc1. The molecule has 2 heterocycles. The van der Waals surface area contributed by atoms with Crippen LogP contribution in [0.1, 0.15) is 45.7 Å². The number of anilines is 2. The molecule has 3 aromatic rings. The van der Waals surface area contributed by atoms with E-state index in [1.165, 1.54) is 23.9 Å². The second-order valence-electron chi connectivity index (χ2n) is 9.48. The van der Waals surface area contributed by atoms with Crippen LogP contribution in [0.15, 0.2) is 59.1 Å². The molecule has 2 N–H and O–H groups in total. The highest BCUT2D eigenvalue weighted by molar-refractivity contribution is 7.80. The van der Waals surface area contributed by atoms with Crippen molar-refractivity contribution in [2.75, 3.05) is 17.7 Å². The van der Waals surface area contributed by atoms with Gasteiger partial charge >= 0.3 is 11.9 Å². The van der Waals surface area contributed by atoms with E-state index in [2.05, 4.69) is 15.9 Å². The zero-order valence-corrected chi connectivity index (χ0v) is 22.6. The zero-order chi connectivity index (χ0) is 28.4. The smallest absolute Gasteiger partial charge is 0.337 e. The third-order valence-corrected chi connectivity index (χ3v) is 7.15. The summed E-state index contributed by atoms with van der Waals surface area (Å²) < 4.78 is 11.5. The Morgan fingerprint density at radius 2 is 1.77 bits per heavy atom. The fourth-order valence-electron chi connectivity index (χ4n) is 4.45. The number of ether oxygens (including phenoxy) is 1. The lowest BCUT2D eigenvalue weighted by atomic mass is 10.1. The monoisotopic (exact) mass is 563 g/mol. The number of aromatic nitrogens is 2. The highest BCUT2D eigenvalue weighted by Gasteiger charge is 2.50. The van der Waals surface area contributed by atoms with E-state index in [1.54, 1.807) is 59.3 Å². The minimum absolute atomic E-state index is 0.00917. The van der Waals surface area contributed by atoms with E-state index < -0.39 is 17.9 Å². The Bertz CT molecular complexity index is 1470. The number of hydrogen-bond donors (Lipinski definition) is 2. The highest BCUT2D eigenvalue weighted by atomic mass is 32.1. The molecule has 3 amide bonds. The van der Waals surface area contributed by atoms with Crippen molar-refractivity contribution in [2.24, 2.45) is 7.05 Å². The first-order chi connectivity index (χ1) is 19.3. The molecule has 1 unspecified atom stereocenters. The number of carbonyl (C=O) groups is 4. The van der Waals surface area contributed by atoms with Crippen LogP contribution in [0, 0.1) is 0 Å². The number of amides is 3. The van der Waals surface area contributed by atoms with Crippen molar-refractivity contribution in [3.63, 3.8) is 0 Å². The summed E-state index contributed by atoms with van der Waals surface area (Å²) in [6.45, 7) is 0.0734. The van der Waals surface area contributed by atoms with E-state index in [0.29, 0.717) is 27.6 Å². The first-order valence-corrected chi connectivity index (χ1v) is 13.0. The summed E-state index contributed by atoms with van der Waals surface area (Å²) in [7, 11) is 2.94. The van der Waals surface area contributed by atoms with E-state index >= 15 is 0 Å². The summed E-state index contributed by atoms with van der Waals surface area (Å²) in [5.74, 6) is -1.41. The first-order valence-electron chi connectivity index (χ1n) is 12.6. The van der Waals surface area contributed by atoms with Gasteiger partial charge in [-0.3, -0.25) is 29.1 Å². The third-order valence-electron chi connectivity index (χ3n) is 6.72. The van der Waals surface area contributed by atoms with Crippen LogP contribution in [-0.2, 0) is 27.9 Å². The molecule has 1 saturated heterocycles. The van der Waals surface area contributed by atoms with Gasteiger partial charge in [-0.15, -0.1) is 0 Å². The Morgan fingerprint density at radius 3 is 2.42 bits per heavy atom. The molecule has 2 aliphatic rings. The fourth-order valence-corrected chi connectivity index (χ4v) is 4.88. The number of nitrogens with one attached hydrogen (secondary N) is 2. The first kappa shape index (κ1) is 26.9.